The molecule has 0 aromatic heterocycles. The Balaban J connectivity index is 4.10. The highest BCUT2D eigenvalue weighted by molar-refractivity contribution is 7.99. The van der Waals surface area contributed by atoms with Crippen LogP contribution in [0.15, 0.2) is 0 Å². The molecule has 0 aromatic carbocycles. The number of primary amides is 1. The summed E-state index contributed by atoms with van der Waals surface area (Å²) in [6.45, 7) is 3.99. The zero-order valence-electron chi connectivity index (χ0n) is 9.04. The summed E-state index contributed by atoms with van der Waals surface area (Å²) < 4.78 is 0. The Labute approximate surface area is 89.6 Å². The number of nitrogens with two attached hydrogens (primary N) is 1. The van der Waals surface area contributed by atoms with E-state index in [1.54, 1.807) is 25.7 Å². The van der Waals surface area contributed by atoms with Crippen LogP contribution in [0, 0.1) is 0 Å². The van der Waals surface area contributed by atoms with E-state index in [2.05, 4.69) is 5.32 Å². The molecule has 0 aliphatic heterocycles. The van der Waals surface area contributed by atoms with Crippen LogP contribution in [-0.2, 0) is 4.79 Å². The predicted octanol–water partition coefficient (Wildman–Crippen LogP) is -0.0461. The molecule has 2 unspecified atom stereocenters. The van der Waals surface area contributed by atoms with Crippen LogP contribution >= 0.6 is 11.8 Å². The Morgan fingerprint density at radius 2 is 2.29 bits per heavy atom. The number of aliphatic hydroxyl groups is 1. The molecule has 2 atom stereocenters. The van der Waals surface area contributed by atoms with Gasteiger partial charge in [0.1, 0.15) is 0 Å². The lowest BCUT2D eigenvalue weighted by Gasteiger charge is -2.28. The summed E-state index contributed by atoms with van der Waals surface area (Å²) >= 11 is 1.64. The second kappa shape index (κ2) is 6.27. The van der Waals surface area contributed by atoms with Gasteiger partial charge < -0.3 is 16.2 Å². The maximum Gasteiger partial charge on any atom is 0.237 e. The fourth-order valence-electron chi connectivity index (χ4n) is 1.21. The van der Waals surface area contributed by atoms with Crippen molar-refractivity contribution < 1.29 is 9.90 Å². The van der Waals surface area contributed by atoms with Crippen molar-refractivity contribution in [2.75, 3.05) is 19.4 Å². The van der Waals surface area contributed by atoms with Gasteiger partial charge in [0.15, 0.2) is 0 Å². The van der Waals surface area contributed by atoms with Crippen LogP contribution in [0.4, 0.5) is 0 Å². The average molecular weight is 220 g/mol. The molecular formula is C9H20N2O2S. The highest BCUT2D eigenvalue weighted by atomic mass is 32.2. The van der Waals surface area contributed by atoms with Crippen molar-refractivity contribution in [2.45, 2.75) is 31.1 Å². The molecule has 0 bridgehead atoms. The van der Waals surface area contributed by atoms with E-state index in [1.807, 2.05) is 6.92 Å². The monoisotopic (exact) mass is 220 g/mol. The molecule has 4 nitrogen and oxygen atoms in total. The Kier molecular flexibility index (Phi) is 6.15. The van der Waals surface area contributed by atoms with E-state index in [4.69, 9.17) is 10.8 Å². The lowest BCUT2D eigenvalue weighted by molar-refractivity contribution is -0.123. The van der Waals surface area contributed by atoms with Crippen molar-refractivity contribution in [3.05, 3.63) is 0 Å². The number of likely N-dealkylation sites (N-methyl/N-ethyl adjacent to an activating group) is 1. The zero-order chi connectivity index (χ0) is 11.2. The molecule has 5 heteroatoms. The Bertz CT molecular complexity index is 190. The zero-order valence-corrected chi connectivity index (χ0v) is 9.86. The van der Waals surface area contributed by atoms with E-state index in [0.717, 1.165) is 0 Å². The number of rotatable bonds is 7. The molecule has 0 rings (SSSR count). The van der Waals surface area contributed by atoms with Crippen molar-refractivity contribution in [3.63, 3.8) is 0 Å². The van der Waals surface area contributed by atoms with Crippen molar-refractivity contribution >= 4 is 17.7 Å². The Morgan fingerprint density at radius 1 is 1.71 bits per heavy atom. The second-order valence-electron chi connectivity index (χ2n) is 3.56. The molecule has 14 heavy (non-hydrogen) atoms. The number of carbonyl (C=O) groups is 1. The SMILES string of the molecule is CNC(C)(CC(C)SCCO)C(N)=O. The van der Waals surface area contributed by atoms with E-state index in [9.17, 15) is 4.79 Å². The van der Waals surface area contributed by atoms with E-state index in [-0.39, 0.29) is 12.5 Å². The van der Waals surface area contributed by atoms with Crippen molar-refractivity contribution in [1.82, 2.24) is 5.32 Å². The molecule has 0 spiro atoms. The molecule has 4 N–H and O–H groups in total. The van der Waals surface area contributed by atoms with Crippen LogP contribution < -0.4 is 11.1 Å². The van der Waals surface area contributed by atoms with Crippen LogP contribution in [-0.4, -0.2) is 41.2 Å². The molecule has 0 saturated carbocycles. The van der Waals surface area contributed by atoms with Gasteiger partial charge in [-0.2, -0.15) is 11.8 Å². The van der Waals surface area contributed by atoms with Gasteiger partial charge in [0.05, 0.1) is 12.1 Å². The summed E-state index contributed by atoms with van der Waals surface area (Å²) in [5.74, 6) is 0.358. The minimum atomic E-state index is -0.651. The van der Waals surface area contributed by atoms with Gasteiger partial charge in [-0.1, -0.05) is 6.92 Å². The van der Waals surface area contributed by atoms with Gasteiger partial charge in [0.25, 0.3) is 0 Å². The molecule has 0 aliphatic rings. The number of thioether (sulfide) groups is 1. The lowest BCUT2D eigenvalue weighted by Crippen LogP contribution is -2.52. The lowest BCUT2D eigenvalue weighted by atomic mass is 9.95. The third-order valence-electron chi connectivity index (χ3n) is 2.28. The van der Waals surface area contributed by atoms with Crippen LogP contribution in [0.25, 0.3) is 0 Å². The van der Waals surface area contributed by atoms with E-state index < -0.39 is 5.54 Å². The maximum absolute atomic E-state index is 11.2. The van der Waals surface area contributed by atoms with Crippen molar-refractivity contribution in [3.8, 4) is 0 Å². The largest absolute Gasteiger partial charge is 0.396 e. The van der Waals surface area contributed by atoms with Crippen LogP contribution in [0.1, 0.15) is 20.3 Å². The molecule has 0 saturated heterocycles. The predicted molar refractivity (Wildman–Crippen MR) is 60.3 cm³/mol. The first-order chi connectivity index (χ1) is 6.46. The molecule has 1 amide bonds. The standard InChI is InChI=1S/C9H20N2O2S/c1-7(14-5-4-12)6-9(2,11-3)8(10)13/h7,11-12H,4-6H2,1-3H3,(H2,10,13). The minimum absolute atomic E-state index is 0.168. The van der Waals surface area contributed by atoms with Gasteiger partial charge in [-0.25, -0.2) is 0 Å². The minimum Gasteiger partial charge on any atom is -0.396 e. The topological polar surface area (TPSA) is 75.3 Å². The third-order valence-corrected chi connectivity index (χ3v) is 3.44. The summed E-state index contributed by atoms with van der Waals surface area (Å²) in [6.07, 6.45) is 0.670. The van der Waals surface area contributed by atoms with Gasteiger partial charge in [-0.3, -0.25) is 4.79 Å². The highest BCUT2D eigenvalue weighted by Gasteiger charge is 2.30. The van der Waals surface area contributed by atoms with Crippen LogP contribution in [0.5, 0.6) is 0 Å². The number of aliphatic hydroxyl groups excluding tert-OH is 1. The van der Waals surface area contributed by atoms with E-state index >= 15 is 0 Å². The average Bonchev–Trinajstić information content (AvgIpc) is 2.14. The first-order valence-corrected chi connectivity index (χ1v) is 5.72. The fourth-order valence-corrected chi connectivity index (χ4v) is 2.17. The summed E-state index contributed by atoms with van der Waals surface area (Å²) in [7, 11) is 1.73. The quantitative estimate of drug-likeness (QED) is 0.562. The molecule has 84 valence electrons. The summed E-state index contributed by atoms with van der Waals surface area (Å²) in [6, 6.07) is 0. The third kappa shape index (κ3) is 4.30. The number of amides is 1. The van der Waals surface area contributed by atoms with Gasteiger partial charge in [-0.05, 0) is 20.4 Å². The first-order valence-electron chi connectivity index (χ1n) is 4.67. The van der Waals surface area contributed by atoms with Gasteiger partial charge in [0, 0.05) is 11.0 Å². The van der Waals surface area contributed by atoms with Crippen molar-refractivity contribution in [1.29, 1.82) is 0 Å². The summed E-state index contributed by atoms with van der Waals surface area (Å²) in [5.41, 5.74) is 4.65. The van der Waals surface area contributed by atoms with E-state index in [1.165, 1.54) is 0 Å². The highest BCUT2D eigenvalue weighted by Crippen LogP contribution is 2.21. The Hall–Kier alpha value is -0.260. The normalized spacial score (nSPS) is 17.4. The number of nitrogens with one attached hydrogen (secondary N) is 1. The molecule has 0 radical (unpaired) electrons. The molecule has 0 aliphatic carbocycles. The van der Waals surface area contributed by atoms with Crippen molar-refractivity contribution in [2.24, 2.45) is 5.73 Å². The van der Waals surface area contributed by atoms with Gasteiger partial charge in [0.2, 0.25) is 5.91 Å². The van der Waals surface area contributed by atoms with Gasteiger partial charge in [-0.15, -0.1) is 0 Å². The maximum atomic E-state index is 11.2. The van der Waals surface area contributed by atoms with Crippen LogP contribution in [0.2, 0.25) is 0 Å². The molecule has 0 aromatic rings. The Morgan fingerprint density at radius 3 is 2.64 bits per heavy atom. The molecule has 0 heterocycles. The number of hydrogen-bond donors (Lipinski definition) is 3. The fraction of sp³-hybridized carbons (Fsp3) is 0.889. The molecular weight excluding hydrogens is 200 g/mol. The van der Waals surface area contributed by atoms with Gasteiger partial charge >= 0.3 is 0 Å². The van der Waals surface area contributed by atoms with E-state index in [0.29, 0.717) is 17.4 Å². The number of carbonyl (C=O) groups excluding carboxylic acids is 1. The summed E-state index contributed by atoms with van der Waals surface area (Å²) in [5, 5.41) is 11.9. The first kappa shape index (κ1) is 13.7. The molecule has 0 fully saturated rings. The second-order valence-corrected chi connectivity index (χ2v) is 5.10. The number of hydrogen-bond acceptors (Lipinski definition) is 4. The van der Waals surface area contributed by atoms with Crippen LogP contribution in [0.3, 0.4) is 0 Å². The summed E-state index contributed by atoms with van der Waals surface area (Å²) in [4.78, 5) is 11.2. The smallest absolute Gasteiger partial charge is 0.237 e.